The van der Waals surface area contributed by atoms with Crippen molar-refractivity contribution in [1.29, 1.82) is 0 Å². The number of hydrogen-bond acceptors (Lipinski definition) is 4. The Morgan fingerprint density at radius 2 is 2.14 bits per heavy atom. The molecule has 1 aromatic rings. The van der Waals surface area contributed by atoms with Crippen molar-refractivity contribution in [2.45, 2.75) is 51.4 Å². The molecule has 1 aromatic heterocycles. The van der Waals surface area contributed by atoms with Crippen molar-refractivity contribution >= 4 is 6.03 Å². The van der Waals surface area contributed by atoms with E-state index in [1.54, 1.807) is 0 Å². The second kappa shape index (κ2) is 5.66. The minimum absolute atomic E-state index is 0.00191. The largest absolute Gasteiger partial charge is 0.340 e. The number of nitrogens with zero attached hydrogens (tertiary/aromatic N) is 3. The number of aryl methyl sites for hydroxylation is 1. The Labute approximate surface area is 125 Å². The van der Waals surface area contributed by atoms with Gasteiger partial charge in [-0.2, -0.15) is 4.98 Å². The van der Waals surface area contributed by atoms with Crippen molar-refractivity contribution in [2.75, 3.05) is 19.6 Å². The molecule has 1 aliphatic heterocycles. The van der Waals surface area contributed by atoms with Crippen LogP contribution in [0.3, 0.4) is 0 Å². The highest BCUT2D eigenvalue weighted by molar-refractivity contribution is 5.74. The summed E-state index contributed by atoms with van der Waals surface area (Å²) in [7, 11) is 0. The van der Waals surface area contributed by atoms with Crippen LogP contribution in [0.1, 0.15) is 50.7 Å². The maximum Gasteiger partial charge on any atom is 0.317 e. The third kappa shape index (κ3) is 3.04. The first kappa shape index (κ1) is 14.4. The van der Waals surface area contributed by atoms with Gasteiger partial charge in [-0.3, -0.25) is 0 Å². The molecule has 1 saturated heterocycles. The molecule has 116 valence electrons. The van der Waals surface area contributed by atoms with E-state index in [4.69, 9.17) is 4.52 Å². The first-order valence-electron chi connectivity index (χ1n) is 7.96. The summed E-state index contributed by atoms with van der Waals surface area (Å²) in [5.74, 6) is 2.29. The molecule has 21 heavy (non-hydrogen) atoms. The van der Waals surface area contributed by atoms with Crippen LogP contribution in [0, 0.1) is 12.8 Å². The molecular weight excluding hydrogens is 268 g/mol. The van der Waals surface area contributed by atoms with E-state index in [0.717, 1.165) is 44.1 Å². The van der Waals surface area contributed by atoms with Crippen molar-refractivity contribution in [3.05, 3.63) is 11.7 Å². The number of likely N-dealkylation sites (tertiary alicyclic amines) is 1. The molecule has 2 aliphatic rings. The van der Waals surface area contributed by atoms with Crippen LogP contribution in [0.25, 0.3) is 0 Å². The van der Waals surface area contributed by atoms with Crippen molar-refractivity contribution in [3.63, 3.8) is 0 Å². The van der Waals surface area contributed by atoms with Crippen molar-refractivity contribution in [3.8, 4) is 0 Å². The summed E-state index contributed by atoms with van der Waals surface area (Å²) in [4.78, 5) is 18.4. The Balaban J connectivity index is 1.72. The van der Waals surface area contributed by atoms with E-state index >= 15 is 0 Å². The average molecular weight is 292 g/mol. The lowest BCUT2D eigenvalue weighted by molar-refractivity contribution is 0.145. The number of piperidine rings is 1. The molecule has 0 aromatic carbocycles. The molecule has 0 radical (unpaired) electrons. The number of carbonyl (C=O) groups excluding carboxylic acids is 1. The first-order chi connectivity index (χ1) is 10.1. The van der Waals surface area contributed by atoms with Gasteiger partial charge in [0.1, 0.15) is 0 Å². The van der Waals surface area contributed by atoms with Crippen molar-refractivity contribution in [2.24, 2.45) is 5.92 Å². The second-order valence-corrected chi connectivity index (χ2v) is 6.39. The molecule has 0 bridgehead atoms. The zero-order chi connectivity index (χ0) is 14.9. The SMILES string of the molecule is CCNC(=O)N1CCC(CC2CC2)(c2noc(C)n2)CC1. The monoisotopic (exact) mass is 292 g/mol. The summed E-state index contributed by atoms with van der Waals surface area (Å²) in [6.45, 7) is 6.00. The molecule has 2 fully saturated rings. The lowest BCUT2D eigenvalue weighted by Crippen LogP contribution is -2.49. The summed E-state index contributed by atoms with van der Waals surface area (Å²) in [5, 5.41) is 7.07. The predicted octanol–water partition coefficient (Wildman–Crippen LogP) is 2.24. The van der Waals surface area contributed by atoms with Crippen LogP contribution >= 0.6 is 0 Å². The van der Waals surface area contributed by atoms with Gasteiger partial charge in [-0.15, -0.1) is 0 Å². The summed E-state index contributed by atoms with van der Waals surface area (Å²) < 4.78 is 5.20. The molecule has 2 amide bonds. The number of carbonyl (C=O) groups is 1. The first-order valence-corrected chi connectivity index (χ1v) is 7.96. The number of urea groups is 1. The summed E-state index contributed by atoms with van der Waals surface area (Å²) in [6.07, 6.45) is 5.63. The van der Waals surface area contributed by atoms with Gasteiger partial charge in [0.25, 0.3) is 0 Å². The molecule has 0 atom stereocenters. The quantitative estimate of drug-likeness (QED) is 0.924. The molecular formula is C15H24N4O2. The number of hydrogen-bond donors (Lipinski definition) is 1. The van der Waals surface area contributed by atoms with Crippen LogP contribution in [-0.4, -0.2) is 40.7 Å². The third-order valence-electron chi connectivity index (χ3n) is 4.71. The van der Waals surface area contributed by atoms with E-state index in [9.17, 15) is 4.79 Å². The van der Waals surface area contributed by atoms with Crippen LogP contribution < -0.4 is 5.32 Å². The Morgan fingerprint density at radius 1 is 1.43 bits per heavy atom. The molecule has 2 heterocycles. The Kier molecular flexibility index (Phi) is 3.87. The number of amides is 2. The highest BCUT2D eigenvalue weighted by Crippen LogP contribution is 2.46. The fraction of sp³-hybridized carbons (Fsp3) is 0.800. The predicted molar refractivity (Wildman–Crippen MR) is 77.9 cm³/mol. The van der Waals surface area contributed by atoms with E-state index in [-0.39, 0.29) is 11.4 Å². The van der Waals surface area contributed by atoms with Crippen LogP contribution in [0.4, 0.5) is 4.79 Å². The molecule has 6 heteroatoms. The second-order valence-electron chi connectivity index (χ2n) is 6.39. The Hall–Kier alpha value is -1.59. The van der Waals surface area contributed by atoms with E-state index in [0.29, 0.717) is 12.4 Å². The molecule has 1 N–H and O–H groups in total. The Morgan fingerprint density at radius 3 is 2.67 bits per heavy atom. The number of rotatable bonds is 4. The van der Waals surface area contributed by atoms with Crippen LogP contribution in [0.5, 0.6) is 0 Å². The minimum Gasteiger partial charge on any atom is -0.340 e. The highest BCUT2D eigenvalue weighted by atomic mass is 16.5. The van der Waals surface area contributed by atoms with Gasteiger partial charge in [-0.05, 0) is 32.1 Å². The fourth-order valence-corrected chi connectivity index (χ4v) is 3.31. The highest BCUT2D eigenvalue weighted by Gasteiger charge is 2.44. The van der Waals surface area contributed by atoms with Gasteiger partial charge in [0.2, 0.25) is 5.89 Å². The summed E-state index contributed by atoms with van der Waals surface area (Å²) >= 11 is 0. The summed E-state index contributed by atoms with van der Waals surface area (Å²) in [5.41, 5.74) is 0.00191. The van der Waals surface area contributed by atoms with E-state index < -0.39 is 0 Å². The third-order valence-corrected chi connectivity index (χ3v) is 4.71. The standard InChI is InChI=1S/C15H24N4O2/c1-3-16-14(20)19-8-6-15(7-9-19,10-12-4-5-12)13-17-11(2)21-18-13/h12H,3-10H2,1-2H3,(H,16,20). The van der Waals surface area contributed by atoms with E-state index in [1.165, 1.54) is 12.8 Å². The fourth-order valence-electron chi connectivity index (χ4n) is 3.31. The molecule has 3 rings (SSSR count). The zero-order valence-corrected chi connectivity index (χ0v) is 12.9. The van der Waals surface area contributed by atoms with E-state index in [1.807, 2.05) is 18.7 Å². The lowest BCUT2D eigenvalue weighted by Gasteiger charge is -2.40. The van der Waals surface area contributed by atoms with Gasteiger partial charge in [-0.1, -0.05) is 18.0 Å². The summed E-state index contributed by atoms with van der Waals surface area (Å²) in [6, 6.07) is 0.0433. The van der Waals surface area contributed by atoms with Gasteiger partial charge in [0.05, 0.1) is 0 Å². The zero-order valence-electron chi connectivity index (χ0n) is 12.9. The van der Waals surface area contributed by atoms with Gasteiger partial charge in [0, 0.05) is 32.0 Å². The van der Waals surface area contributed by atoms with Crippen LogP contribution in [0.2, 0.25) is 0 Å². The van der Waals surface area contributed by atoms with Gasteiger partial charge in [-0.25, -0.2) is 4.79 Å². The number of nitrogens with one attached hydrogen (secondary N) is 1. The average Bonchev–Trinajstić information content (AvgIpc) is 3.17. The Bertz CT molecular complexity index is 502. The topological polar surface area (TPSA) is 71.3 Å². The molecule has 0 unspecified atom stereocenters. The van der Waals surface area contributed by atoms with Crippen molar-refractivity contribution in [1.82, 2.24) is 20.4 Å². The van der Waals surface area contributed by atoms with Crippen molar-refractivity contribution < 1.29 is 9.32 Å². The minimum atomic E-state index is 0.00191. The maximum absolute atomic E-state index is 11.9. The molecule has 6 nitrogen and oxygen atoms in total. The molecule has 1 aliphatic carbocycles. The van der Waals surface area contributed by atoms with E-state index in [2.05, 4.69) is 15.5 Å². The molecule has 1 saturated carbocycles. The van der Waals surface area contributed by atoms with Gasteiger partial charge < -0.3 is 14.7 Å². The molecule has 0 spiro atoms. The maximum atomic E-state index is 11.9. The van der Waals surface area contributed by atoms with Gasteiger partial charge >= 0.3 is 6.03 Å². The van der Waals surface area contributed by atoms with Gasteiger partial charge in [0.15, 0.2) is 5.82 Å². The van der Waals surface area contributed by atoms with Crippen LogP contribution in [-0.2, 0) is 5.41 Å². The number of aromatic nitrogens is 2. The normalized spacial score (nSPS) is 21.3. The smallest absolute Gasteiger partial charge is 0.317 e. The van der Waals surface area contributed by atoms with Crippen LogP contribution in [0.15, 0.2) is 4.52 Å². The lowest BCUT2D eigenvalue weighted by atomic mass is 9.73.